The second kappa shape index (κ2) is 4.39. The van der Waals surface area contributed by atoms with Gasteiger partial charge in [0.05, 0.1) is 16.9 Å². The van der Waals surface area contributed by atoms with Crippen LogP contribution in [0.15, 0.2) is 35.1 Å². The highest BCUT2D eigenvalue weighted by molar-refractivity contribution is 9.10. The van der Waals surface area contributed by atoms with Crippen molar-refractivity contribution in [1.82, 2.24) is 4.98 Å². The second-order valence-corrected chi connectivity index (χ2v) is 4.42. The number of halogens is 3. The third kappa shape index (κ3) is 1.90. The third-order valence-corrected chi connectivity index (χ3v) is 3.44. The van der Waals surface area contributed by atoms with Gasteiger partial charge in [0.1, 0.15) is 0 Å². The van der Waals surface area contributed by atoms with Gasteiger partial charge in [-0.25, -0.2) is 4.39 Å². The molecule has 5 heteroatoms. The molecule has 2 N–H and O–H groups in total. The van der Waals surface area contributed by atoms with Crippen molar-refractivity contribution in [3.8, 4) is 11.1 Å². The summed E-state index contributed by atoms with van der Waals surface area (Å²) in [6.07, 6.45) is 3.03. The smallest absolute Gasteiger partial charge is 0.150 e. The van der Waals surface area contributed by atoms with Gasteiger partial charge in [-0.1, -0.05) is 17.7 Å². The van der Waals surface area contributed by atoms with Gasteiger partial charge in [-0.15, -0.1) is 0 Å². The number of hydrogen-bond donors (Lipinski definition) is 1. The molecule has 0 aliphatic carbocycles. The molecule has 2 nitrogen and oxygen atoms in total. The molecule has 0 aliphatic heterocycles. The van der Waals surface area contributed by atoms with Crippen LogP contribution in [-0.2, 0) is 0 Å². The van der Waals surface area contributed by atoms with E-state index >= 15 is 0 Å². The zero-order valence-corrected chi connectivity index (χ0v) is 10.4. The van der Waals surface area contributed by atoms with Gasteiger partial charge in [-0.3, -0.25) is 4.98 Å². The molecule has 2 aromatic rings. The first-order valence-corrected chi connectivity index (χ1v) is 5.61. The Kier molecular flexibility index (Phi) is 3.12. The van der Waals surface area contributed by atoms with E-state index in [1.165, 1.54) is 6.20 Å². The van der Waals surface area contributed by atoms with E-state index in [1.807, 2.05) is 0 Å². The maximum atomic E-state index is 13.9. The first-order valence-electron chi connectivity index (χ1n) is 4.44. The maximum Gasteiger partial charge on any atom is 0.150 e. The van der Waals surface area contributed by atoms with E-state index < -0.39 is 5.82 Å². The molecule has 0 saturated heterocycles. The van der Waals surface area contributed by atoms with Crippen LogP contribution >= 0.6 is 27.5 Å². The van der Waals surface area contributed by atoms with Crippen LogP contribution in [0.1, 0.15) is 0 Å². The second-order valence-electron chi connectivity index (χ2n) is 3.19. The molecule has 1 heterocycles. The summed E-state index contributed by atoms with van der Waals surface area (Å²) in [6.45, 7) is 0. The summed E-state index contributed by atoms with van der Waals surface area (Å²) in [6, 6.07) is 4.95. The molecule has 0 bridgehead atoms. The molecule has 0 unspecified atom stereocenters. The number of hydrogen-bond acceptors (Lipinski definition) is 2. The minimum absolute atomic E-state index is 0.0497. The fraction of sp³-hybridized carbons (Fsp3) is 0. The lowest BCUT2D eigenvalue weighted by Crippen LogP contribution is -1.93. The summed E-state index contributed by atoms with van der Waals surface area (Å²) in [5.41, 5.74) is 7.10. The van der Waals surface area contributed by atoms with Crippen molar-refractivity contribution in [3.63, 3.8) is 0 Å². The first kappa shape index (κ1) is 11.4. The molecule has 0 atom stereocenters. The average molecular weight is 302 g/mol. The van der Waals surface area contributed by atoms with Crippen molar-refractivity contribution >= 4 is 33.2 Å². The fourth-order valence-electron chi connectivity index (χ4n) is 1.39. The van der Waals surface area contributed by atoms with Crippen molar-refractivity contribution in [1.29, 1.82) is 0 Å². The molecule has 0 radical (unpaired) electrons. The minimum Gasteiger partial charge on any atom is -0.397 e. The number of nitrogens with zero attached hydrogens (tertiary/aromatic N) is 1. The lowest BCUT2D eigenvalue weighted by atomic mass is 10.1. The summed E-state index contributed by atoms with van der Waals surface area (Å²) in [5.74, 6) is -0.492. The van der Waals surface area contributed by atoms with Crippen LogP contribution in [0.25, 0.3) is 11.1 Å². The van der Waals surface area contributed by atoms with Crippen molar-refractivity contribution in [2.45, 2.75) is 0 Å². The van der Waals surface area contributed by atoms with Crippen LogP contribution in [0, 0.1) is 5.82 Å². The summed E-state index contributed by atoms with van der Waals surface area (Å²) in [4.78, 5) is 3.85. The minimum atomic E-state index is -0.492. The predicted molar refractivity (Wildman–Crippen MR) is 66.8 cm³/mol. The normalized spacial score (nSPS) is 10.4. The zero-order chi connectivity index (χ0) is 11.7. The summed E-state index contributed by atoms with van der Waals surface area (Å²) < 4.78 is 14.4. The number of anilines is 1. The fourth-order valence-corrected chi connectivity index (χ4v) is 1.86. The van der Waals surface area contributed by atoms with Crippen molar-refractivity contribution in [2.24, 2.45) is 0 Å². The SMILES string of the molecule is Nc1cnccc1-c1ccc(Br)c(Cl)c1F. The zero-order valence-electron chi connectivity index (χ0n) is 8.05. The van der Waals surface area contributed by atoms with Gasteiger partial charge in [0.2, 0.25) is 0 Å². The van der Waals surface area contributed by atoms with Crippen molar-refractivity contribution in [2.75, 3.05) is 5.73 Å². The van der Waals surface area contributed by atoms with Crippen molar-refractivity contribution < 1.29 is 4.39 Å². The van der Waals surface area contributed by atoms with Gasteiger partial charge >= 0.3 is 0 Å². The summed E-state index contributed by atoms with van der Waals surface area (Å²) >= 11 is 8.96. The first-order chi connectivity index (χ1) is 7.61. The number of pyridine rings is 1. The Balaban J connectivity index is 2.66. The Morgan fingerprint density at radius 3 is 2.69 bits per heavy atom. The number of rotatable bonds is 1. The molecule has 1 aromatic carbocycles. The van der Waals surface area contributed by atoms with Gasteiger partial charge in [0, 0.05) is 21.8 Å². The van der Waals surface area contributed by atoms with Crippen LogP contribution in [-0.4, -0.2) is 4.98 Å². The Hall–Kier alpha value is -1.13. The van der Waals surface area contributed by atoms with E-state index in [-0.39, 0.29) is 5.02 Å². The monoisotopic (exact) mass is 300 g/mol. The van der Waals surface area contributed by atoms with E-state index in [9.17, 15) is 4.39 Å². The Labute approximate surface area is 105 Å². The molecule has 82 valence electrons. The summed E-state index contributed by atoms with van der Waals surface area (Å²) in [7, 11) is 0. The molecule has 0 amide bonds. The van der Waals surface area contributed by atoms with E-state index in [0.29, 0.717) is 21.3 Å². The number of nitrogens with two attached hydrogens (primary N) is 1. The average Bonchev–Trinajstić information content (AvgIpc) is 2.28. The van der Waals surface area contributed by atoms with Crippen molar-refractivity contribution in [3.05, 3.63) is 45.9 Å². The van der Waals surface area contributed by atoms with E-state index in [0.717, 1.165) is 0 Å². The van der Waals surface area contributed by atoms with Crippen LogP contribution in [0.2, 0.25) is 5.02 Å². The largest absolute Gasteiger partial charge is 0.397 e. The number of aromatic nitrogens is 1. The molecule has 16 heavy (non-hydrogen) atoms. The Morgan fingerprint density at radius 2 is 2.00 bits per heavy atom. The highest BCUT2D eigenvalue weighted by atomic mass is 79.9. The van der Waals surface area contributed by atoms with Crippen LogP contribution in [0.3, 0.4) is 0 Å². The standard InChI is InChI=1S/C11H7BrClFN2/c12-8-2-1-7(11(14)10(8)13)6-3-4-16-5-9(6)15/h1-5H,15H2. The molecule has 2 rings (SSSR count). The lowest BCUT2D eigenvalue weighted by molar-refractivity contribution is 0.631. The number of benzene rings is 1. The molecular formula is C11H7BrClFN2. The Bertz CT molecular complexity index is 546. The highest BCUT2D eigenvalue weighted by Gasteiger charge is 2.13. The lowest BCUT2D eigenvalue weighted by Gasteiger charge is -2.08. The topological polar surface area (TPSA) is 38.9 Å². The third-order valence-electron chi connectivity index (χ3n) is 2.18. The quantitative estimate of drug-likeness (QED) is 0.812. The molecule has 0 aliphatic rings. The maximum absolute atomic E-state index is 13.9. The van der Waals surface area contributed by atoms with Gasteiger partial charge < -0.3 is 5.73 Å². The van der Waals surface area contributed by atoms with Crippen LogP contribution < -0.4 is 5.73 Å². The number of nitrogen functional groups attached to an aromatic ring is 1. The van der Waals surface area contributed by atoms with Gasteiger partial charge in [0.25, 0.3) is 0 Å². The van der Waals surface area contributed by atoms with E-state index in [4.69, 9.17) is 17.3 Å². The van der Waals surface area contributed by atoms with Gasteiger partial charge in [-0.05, 0) is 28.1 Å². The summed E-state index contributed by atoms with van der Waals surface area (Å²) in [5, 5.41) is 0.0497. The Morgan fingerprint density at radius 1 is 1.25 bits per heavy atom. The molecule has 0 spiro atoms. The van der Waals surface area contributed by atoms with E-state index in [1.54, 1.807) is 24.4 Å². The molecule has 0 fully saturated rings. The molecular weight excluding hydrogens is 294 g/mol. The van der Waals surface area contributed by atoms with Gasteiger partial charge in [0.15, 0.2) is 5.82 Å². The van der Waals surface area contributed by atoms with E-state index in [2.05, 4.69) is 20.9 Å². The van der Waals surface area contributed by atoms with Gasteiger partial charge in [-0.2, -0.15) is 0 Å². The molecule has 0 saturated carbocycles. The van der Waals surface area contributed by atoms with Crippen LogP contribution in [0.5, 0.6) is 0 Å². The van der Waals surface area contributed by atoms with Crippen LogP contribution in [0.4, 0.5) is 10.1 Å². The highest BCUT2D eigenvalue weighted by Crippen LogP contribution is 2.34. The predicted octanol–water partition coefficient (Wildman–Crippen LogP) is 3.89. The molecule has 1 aromatic heterocycles.